The van der Waals surface area contributed by atoms with Gasteiger partial charge in [0.05, 0.1) is 18.5 Å². The molecule has 2 aromatic carbocycles. The molecule has 0 bridgehead atoms. The highest BCUT2D eigenvalue weighted by Crippen LogP contribution is 2.38. The fourth-order valence-electron chi connectivity index (χ4n) is 3.31. The molecule has 1 N–H and O–H groups in total. The highest BCUT2D eigenvalue weighted by Gasteiger charge is 2.30. The molecule has 2 heterocycles. The Kier molecular flexibility index (Phi) is 4.86. The molecule has 0 radical (unpaired) electrons. The van der Waals surface area contributed by atoms with Crippen molar-refractivity contribution in [1.82, 2.24) is 9.78 Å². The van der Waals surface area contributed by atoms with Gasteiger partial charge in [-0.3, -0.25) is 4.79 Å². The number of aromatic nitrogens is 2. The predicted octanol–water partition coefficient (Wildman–Crippen LogP) is 4.79. The van der Waals surface area contributed by atoms with E-state index in [-0.39, 0.29) is 11.8 Å². The van der Waals surface area contributed by atoms with Crippen LogP contribution in [0.5, 0.6) is 5.75 Å². The first kappa shape index (κ1) is 17.6. The van der Waals surface area contributed by atoms with Crippen molar-refractivity contribution in [2.75, 3.05) is 11.9 Å². The monoisotopic (exact) mass is 381 g/mol. The zero-order chi connectivity index (χ0) is 18.8. The lowest BCUT2D eigenvalue weighted by Crippen LogP contribution is -2.24. The van der Waals surface area contributed by atoms with E-state index in [1.807, 2.05) is 54.7 Å². The number of nitrogens with one attached hydrogen (secondary N) is 1. The third-order valence-corrected chi connectivity index (χ3v) is 4.90. The maximum absolute atomic E-state index is 12.4. The molecule has 1 aliphatic rings. The molecule has 138 valence electrons. The summed E-state index contributed by atoms with van der Waals surface area (Å²) in [6.45, 7) is 2.78. The summed E-state index contributed by atoms with van der Waals surface area (Å²) in [5, 5.41) is 8.12. The van der Waals surface area contributed by atoms with Gasteiger partial charge in [0.15, 0.2) is 0 Å². The molecule has 3 aromatic rings. The lowest BCUT2D eigenvalue weighted by molar-refractivity contribution is -0.116. The van der Waals surface area contributed by atoms with Gasteiger partial charge in [0.25, 0.3) is 0 Å². The summed E-state index contributed by atoms with van der Waals surface area (Å²) < 4.78 is 7.40. The average molecular weight is 382 g/mol. The second-order valence-corrected chi connectivity index (χ2v) is 7.00. The second kappa shape index (κ2) is 7.45. The van der Waals surface area contributed by atoms with E-state index in [1.165, 1.54) is 0 Å². The van der Waals surface area contributed by atoms with Crippen LogP contribution < -0.4 is 10.1 Å². The summed E-state index contributed by atoms with van der Waals surface area (Å²) in [4.78, 5) is 12.4. The van der Waals surface area contributed by atoms with E-state index < -0.39 is 0 Å². The van der Waals surface area contributed by atoms with Crippen LogP contribution in [0.2, 0.25) is 5.02 Å². The number of nitrogens with zero attached hydrogens (tertiary/aromatic N) is 2. The molecule has 0 fully saturated rings. The van der Waals surface area contributed by atoms with Crippen molar-refractivity contribution in [3.05, 3.63) is 70.9 Å². The van der Waals surface area contributed by atoms with Gasteiger partial charge in [0.1, 0.15) is 11.6 Å². The maximum atomic E-state index is 12.4. The van der Waals surface area contributed by atoms with Crippen LogP contribution in [0.3, 0.4) is 0 Å². The number of amides is 1. The Morgan fingerprint density at radius 1 is 1.19 bits per heavy atom. The predicted molar refractivity (Wildman–Crippen MR) is 106 cm³/mol. The van der Waals surface area contributed by atoms with E-state index in [1.54, 1.807) is 4.68 Å². The van der Waals surface area contributed by atoms with Crippen LogP contribution in [0.4, 0.5) is 5.82 Å². The summed E-state index contributed by atoms with van der Waals surface area (Å²) in [7, 11) is 0. The number of hydrogen-bond acceptors (Lipinski definition) is 3. The molecule has 0 aliphatic carbocycles. The standard InChI is InChI=1S/C21H20ClN3O2/c1-2-11-27-17-9-3-14(4-10-17)18-12-20(26)24-21-19(18)13-23-25(21)16-7-5-15(22)6-8-16/h3-10,13,18H,2,11-12H2,1H3,(H,24,26). The first-order valence-electron chi connectivity index (χ1n) is 9.02. The molecule has 1 amide bonds. The quantitative estimate of drug-likeness (QED) is 0.691. The number of hydrogen-bond donors (Lipinski definition) is 1. The van der Waals surface area contributed by atoms with Crippen LogP contribution in [0.1, 0.15) is 36.8 Å². The first-order chi connectivity index (χ1) is 13.2. The Balaban J connectivity index is 1.67. The number of carbonyl (C=O) groups is 1. The van der Waals surface area contributed by atoms with E-state index in [0.717, 1.165) is 29.0 Å². The Morgan fingerprint density at radius 3 is 2.63 bits per heavy atom. The van der Waals surface area contributed by atoms with E-state index in [2.05, 4.69) is 17.3 Å². The van der Waals surface area contributed by atoms with Gasteiger partial charge >= 0.3 is 0 Å². The minimum Gasteiger partial charge on any atom is -0.494 e. The summed E-state index contributed by atoms with van der Waals surface area (Å²) in [6, 6.07) is 15.3. The van der Waals surface area contributed by atoms with Gasteiger partial charge in [-0.15, -0.1) is 0 Å². The molecule has 5 nitrogen and oxygen atoms in total. The molecule has 1 atom stereocenters. The molecular weight excluding hydrogens is 362 g/mol. The van der Waals surface area contributed by atoms with Crippen LogP contribution in [-0.2, 0) is 4.79 Å². The van der Waals surface area contributed by atoms with Gasteiger partial charge in [-0.1, -0.05) is 30.7 Å². The zero-order valence-corrected chi connectivity index (χ0v) is 15.7. The van der Waals surface area contributed by atoms with Crippen LogP contribution in [0.25, 0.3) is 5.69 Å². The van der Waals surface area contributed by atoms with Gasteiger partial charge in [0.2, 0.25) is 5.91 Å². The second-order valence-electron chi connectivity index (χ2n) is 6.56. The molecule has 1 aromatic heterocycles. The summed E-state index contributed by atoms with van der Waals surface area (Å²) in [5.41, 5.74) is 2.93. The van der Waals surface area contributed by atoms with Gasteiger partial charge in [-0.2, -0.15) is 5.10 Å². The SMILES string of the molecule is CCCOc1ccc(C2CC(=O)Nc3c2cnn3-c2ccc(Cl)cc2)cc1. The van der Waals surface area contributed by atoms with Crippen molar-refractivity contribution in [3.63, 3.8) is 0 Å². The third-order valence-electron chi connectivity index (χ3n) is 4.65. The Labute approximate surface area is 162 Å². The van der Waals surface area contributed by atoms with Crippen LogP contribution in [-0.4, -0.2) is 22.3 Å². The molecule has 1 aliphatic heterocycles. The van der Waals surface area contributed by atoms with Crippen molar-refractivity contribution >= 4 is 23.3 Å². The smallest absolute Gasteiger partial charge is 0.226 e. The lowest BCUT2D eigenvalue weighted by Gasteiger charge is -2.24. The fraction of sp³-hybridized carbons (Fsp3) is 0.238. The van der Waals surface area contributed by atoms with Gasteiger partial charge < -0.3 is 10.1 Å². The Morgan fingerprint density at radius 2 is 1.93 bits per heavy atom. The third kappa shape index (κ3) is 3.55. The highest BCUT2D eigenvalue weighted by atomic mass is 35.5. The van der Waals surface area contributed by atoms with Crippen molar-refractivity contribution in [1.29, 1.82) is 0 Å². The number of anilines is 1. The average Bonchev–Trinajstić information content (AvgIpc) is 3.10. The maximum Gasteiger partial charge on any atom is 0.226 e. The van der Waals surface area contributed by atoms with Crippen molar-refractivity contribution in [3.8, 4) is 11.4 Å². The zero-order valence-electron chi connectivity index (χ0n) is 15.0. The minimum atomic E-state index is -0.0324. The number of rotatable bonds is 5. The summed E-state index contributed by atoms with van der Waals surface area (Å²) in [6.07, 6.45) is 3.20. The van der Waals surface area contributed by atoms with Gasteiger partial charge in [0, 0.05) is 22.9 Å². The Bertz CT molecular complexity index is 949. The molecule has 6 heteroatoms. The molecule has 0 saturated carbocycles. The topological polar surface area (TPSA) is 56.1 Å². The summed E-state index contributed by atoms with van der Waals surface area (Å²) >= 11 is 5.98. The van der Waals surface area contributed by atoms with Crippen molar-refractivity contribution in [2.45, 2.75) is 25.7 Å². The van der Waals surface area contributed by atoms with E-state index in [9.17, 15) is 4.79 Å². The molecule has 4 rings (SSSR count). The molecule has 0 spiro atoms. The van der Waals surface area contributed by atoms with Crippen LogP contribution >= 0.6 is 11.6 Å². The lowest BCUT2D eigenvalue weighted by atomic mass is 9.87. The minimum absolute atomic E-state index is 0.0190. The van der Waals surface area contributed by atoms with E-state index in [0.29, 0.717) is 23.9 Å². The first-order valence-corrected chi connectivity index (χ1v) is 9.40. The van der Waals surface area contributed by atoms with E-state index >= 15 is 0 Å². The fourth-order valence-corrected chi connectivity index (χ4v) is 3.44. The molecule has 0 saturated heterocycles. The Hall–Kier alpha value is -2.79. The highest BCUT2D eigenvalue weighted by molar-refractivity contribution is 6.30. The van der Waals surface area contributed by atoms with Crippen molar-refractivity contribution in [2.24, 2.45) is 0 Å². The van der Waals surface area contributed by atoms with Crippen LogP contribution in [0, 0.1) is 0 Å². The number of benzene rings is 2. The number of carbonyl (C=O) groups excluding carboxylic acids is 1. The van der Waals surface area contributed by atoms with Gasteiger partial charge in [-0.25, -0.2) is 4.68 Å². The molecular formula is C21H20ClN3O2. The van der Waals surface area contributed by atoms with Gasteiger partial charge in [-0.05, 0) is 48.4 Å². The van der Waals surface area contributed by atoms with Crippen molar-refractivity contribution < 1.29 is 9.53 Å². The molecule has 27 heavy (non-hydrogen) atoms. The van der Waals surface area contributed by atoms with E-state index in [4.69, 9.17) is 16.3 Å². The normalized spacial score (nSPS) is 15.9. The largest absolute Gasteiger partial charge is 0.494 e. The van der Waals surface area contributed by atoms with Crippen LogP contribution in [0.15, 0.2) is 54.7 Å². The number of ether oxygens (including phenoxy) is 1. The number of fused-ring (bicyclic) bond motifs is 1. The summed E-state index contributed by atoms with van der Waals surface area (Å²) in [5.74, 6) is 1.51. The molecule has 1 unspecified atom stereocenters. The number of halogens is 1.